The molecule has 0 aliphatic rings. The van der Waals surface area contributed by atoms with Crippen LogP contribution in [0.3, 0.4) is 0 Å². The SMILES string of the molecule is CC(O)COc1cc(C=O)cc(OC(F)(F)F)c1. The molecule has 18 heavy (non-hydrogen) atoms. The van der Waals surface area contributed by atoms with E-state index in [0.29, 0.717) is 6.29 Å². The van der Waals surface area contributed by atoms with E-state index in [4.69, 9.17) is 9.84 Å². The Labute approximate surface area is 101 Å². The summed E-state index contributed by atoms with van der Waals surface area (Å²) in [6.07, 6.45) is -5.25. The van der Waals surface area contributed by atoms with Crippen LogP contribution < -0.4 is 9.47 Å². The summed E-state index contributed by atoms with van der Waals surface area (Å²) in [7, 11) is 0. The Morgan fingerprint density at radius 1 is 1.33 bits per heavy atom. The monoisotopic (exact) mass is 264 g/mol. The van der Waals surface area contributed by atoms with Gasteiger partial charge in [0.05, 0.1) is 6.10 Å². The largest absolute Gasteiger partial charge is 0.573 e. The van der Waals surface area contributed by atoms with E-state index in [9.17, 15) is 18.0 Å². The first-order valence-electron chi connectivity index (χ1n) is 4.97. The number of alkyl halides is 3. The van der Waals surface area contributed by atoms with Crippen LogP contribution in [0.15, 0.2) is 18.2 Å². The van der Waals surface area contributed by atoms with Crippen LogP contribution in [0.1, 0.15) is 17.3 Å². The number of ether oxygens (including phenoxy) is 2. The highest BCUT2D eigenvalue weighted by Crippen LogP contribution is 2.27. The van der Waals surface area contributed by atoms with Gasteiger partial charge in [-0.3, -0.25) is 4.79 Å². The number of aliphatic hydroxyl groups excluding tert-OH is 1. The van der Waals surface area contributed by atoms with Gasteiger partial charge in [0, 0.05) is 11.6 Å². The van der Waals surface area contributed by atoms with E-state index in [1.807, 2.05) is 0 Å². The van der Waals surface area contributed by atoms with Gasteiger partial charge in [0.15, 0.2) is 0 Å². The van der Waals surface area contributed by atoms with Crippen LogP contribution in [0.5, 0.6) is 11.5 Å². The van der Waals surface area contributed by atoms with Gasteiger partial charge in [0.1, 0.15) is 24.4 Å². The molecule has 0 fully saturated rings. The second-order valence-corrected chi connectivity index (χ2v) is 3.56. The first-order chi connectivity index (χ1) is 8.30. The molecule has 1 aromatic carbocycles. The number of aliphatic hydroxyl groups is 1. The molecule has 100 valence electrons. The minimum absolute atomic E-state index is 0.0137. The van der Waals surface area contributed by atoms with Crippen LogP contribution in [0, 0.1) is 0 Å². The summed E-state index contributed by atoms with van der Waals surface area (Å²) in [6, 6.07) is 3.18. The standard InChI is InChI=1S/C11H11F3O4/c1-7(16)6-17-9-2-8(5-15)3-10(4-9)18-11(12,13)14/h2-5,7,16H,6H2,1H3. The van der Waals surface area contributed by atoms with Gasteiger partial charge in [-0.2, -0.15) is 0 Å². The quantitative estimate of drug-likeness (QED) is 0.828. The minimum Gasteiger partial charge on any atom is -0.491 e. The van der Waals surface area contributed by atoms with Gasteiger partial charge in [0.2, 0.25) is 0 Å². The van der Waals surface area contributed by atoms with Gasteiger partial charge < -0.3 is 14.6 Å². The van der Waals surface area contributed by atoms with E-state index < -0.39 is 18.2 Å². The molecule has 0 saturated carbocycles. The lowest BCUT2D eigenvalue weighted by atomic mass is 10.2. The molecule has 1 atom stereocenters. The highest BCUT2D eigenvalue weighted by molar-refractivity contribution is 5.76. The summed E-state index contributed by atoms with van der Waals surface area (Å²) in [5.41, 5.74) is -0.0163. The molecule has 1 unspecified atom stereocenters. The van der Waals surface area contributed by atoms with Crippen molar-refractivity contribution < 1.29 is 32.5 Å². The second kappa shape index (κ2) is 5.72. The molecule has 1 N–H and O–H groups in total. The van der Waals surface area contributed by atoms with E-state index in [1.165, 1.54) is 13.0 Å². The zero-order valence-electron chi connectivity index (χ0n) is 9.40. The molecule has 0 amide bonds. The van der Waals surface area contributed by atoms with E-state index in [2.05, 4.69) is 4.74 Å². The Morgan fingerprint density at radius 2 is 1.94 bits per heavy atom. The van der Waals surface area contributed by atoms with Gasteiger partial charge in [-0.15, -0.1) is 13.2 Å². The Hall–Kier alpha value is -1.76. The number of benzene rings is 1. The Kier molecular flexibility index (Phi) is 4.55. The van der Waals surface area contributed by atoms with Crippen molar-refractivity contribution in [3.05, 3.63) is 23.8 Å². The van der Waals surface area contributed by atoms with Crippen molar-refractivity contribution in [2.24, 2.45) is 0 Å². The molecular weight excluding hydrogens is 253 g/mol. The third-order valence-electron chi connectivity index (χ3n) is 1.76. The average molecular weight is 264 g/mol. The minimum atomic E-state index is -4.84. The second-order valence-electron chi connectivity index (χ2n) is 3.56. The topological polar surface area (TPSA) is 55.8 Å². The van der Waals surface area contributed by atoms with Crippen LogP contribution >= 0.6 is 0 Å². The fourth-order valence-corrected chi connectivity index (χ4v) is 1.15. The molecular formula is C11H11F3O4. The zero-order chi connectivity index (χ0) is 13.8. The van der Waals surface area contributed by atoms with Crippen molar-refractivity contribution in [1.82, 2.24) is 0 Å². The van der Waals surface area contributed by atoms with Crippen molar-refractivity contribution in [3.63, 3.8) is 0 Å². The third kappa shape index (κ3) is 5.05. The number of carbonyl (C=O) groups excluding carboxylic acids is 1. The summed E-state index contributed by atoms with van der Waals surface area (Å²) < 4.78 is 44.8. The molecule has 0 saturated heterocycles. The first-order valence-corrected chi connectivity index (χ1v) is 4.97. The molecule has 0 bridgehead atoms. The Morgan fingerprint density at radius 3 is 2.44 bits per heavy atom. The predicted octanol–water partition coefficient (Wildman–Crippen LogP) is 2.16. The summed E-state index contributed by atoms with van der Waals surface area (Å²) in [6.45, 7) is 1.35. The Bertz CT molecular complexity index is 415. The maximum absolute atomic E-state index is 12.0. The van der Waals surface area contributed by atoms with Crippen LogP contribution in [0.2, 0.25) is 0 Å². The van der Waals surface area contributed by atoms with E-state index in [0.717, 1.165) is 12.1 Å². The molecule has 0 aromatic heterocycles. The highest BCUT2D eigenvalue weighted by atomic mass is 19.4. The van der Waals surface area contributed by atoms with Crippen molar-refractivity contribution in [1.29, 1.82) is 0 Å². The molecule has 1 aromatic rings. The zero-order valence-corrected chi connectivity index (χ0v) is 9.40. The molecule has 0 aliphatic carbocycles. The van der Waals surface area contributed by atoms with E-state index in [-0.39, 0.29) is 17.9 Å². The summed E-state index contributed by atoms with van der Waals surface area (Å²) in [5.74, 6) is -0.535. The number of hydrogen-bond donors (Lipinski definition) is 1. The summed E-state index contributed by atoms with van der Waals surface area (Å²) in [4.78, 5) is 10.6. The van der Waals surface area contributed by atoms with Gasteiger partial charge >= 0.3 is 6.36 Å². The fourth-order valence-electron chi connectivity index (χ4n) is 1.15. The maximum atomic E-state index is 12.0. The highest BCUT2D eigenvalue weighted by Gasteiger charge is 2.31. The van der Waals surface area contributed by atoms with E-state index >= 15 is 0 Å². The van der Waals surface area contributed by atoms with Crippen LogP contribution in [-0.2, 0) is 0 Å². The number of hydrogen-bond acceptors (Lipinski definition) is 4. The summed E-state index contributed by atoms with van der Waals surface area (Å²) >= 11 is 0. The van der Waals surface area contributed by atoms with Crippen LogP contribution in [0.4, 0.5) is 13.2 Å². The molecule has 0 spiro atoms. The number of aldehydes is 1. The van der Waals surface area contributed by atoms with Crippen molar-refractivity contribution in [2.45, 2.75) is 19.4 Å². The lowest BCUT2D eigenvalue weighted by molar-refractivity contribution is -0.274. The van der Waals surface area contributed by atoms with E-state index in [1.54, 1.807) is 0 Å². The maximum Gasteiger partial charge on any atom is 0.573 e. The average Bonchev–Trinajstić information content (AvgIpc) is 2.23. The van der Waals surface area contributed by atoms with Gasteiger partial charge in [-0.1, -0.05) is 0 Å². The summed E-state index contributed by atoms with van der Waals surface area (Å²) in [5, 5.41) is 8.99. The van der Waals surface area contributed by atoms with Crippen molar-refractivity contribution in [3.8, 4) is 11.5 Å². The lowest BCUT2D eigenvalue weighted by Gasteiger charge is -2.12. The van der Waals surface area contributed by atoms with Gasteiger partial charge in [0.25, 0.3) is 0 Å². The molecule has 0 aliphatic heterocycles. The molecule has 4 nitrogen and oxygen atoms in total. The van der Waals surface area contributed by atoms with Crippen LogP contribution in [-0.4, -0.2) is 30.5 Å². The third-order valence-corrected chi connectivity index (χ3v) is 1.76. The lowest BCUT2D eigenvalue weighted by Crippen LogP contribution is -2.17. The number of rotatable bonds is 5. The smallest absolute Gasteiger partial charge is 0.491 e. The van der Waals surface area contributed by atoms with Crippen LogP contribution in [0.25, 0.3) is 0 Å². The fraction of sp³-hybridized carbons (Fsp3) is 0.364. The van der Waals surface area contributed by atoms with Gasteiger partial charge in [-0.05, 0) is 19.1 Å². The van der Waals surface area contributed by atoms with Crippen molar-refractivity contribution >= 4 is 6.29 Å². The molecule has 1 rings (SSSR count). The Balaban J connectivity index is 2.90. The van der Waals surface area contributed by atoms with Crippen molar-refractivity contribution in [2.75, 3.05) is 6.61 Å². The number of carbonyl (C=O) groups is 1. The van der Waals surface area contributed by atoms with Gasteiger partial charge in [-0.25, -0.2) is 0 Å². The molecule has 7 heteroatoms. The number of halogens is 3. The first kappa shape index (κ1) is 14.3. The molecule has 0 radical (unpaired) electrons. The normalized spacial score (nSPS) is 12.9. The molecule has 0 heterocycles. The predicted molar refractivity (Wildman–Crippen MR) is 55.7 cm³/mol.